The van der Waals surface area contributed by atoms with E-state index in [1.54, 1.807) is 5.38 Å². The van der Waals surface area contributed by atoms with Gasteiger partial charge >= 0.3 is 11.8 Å². The molecular formula is C7H8N4O3S. The van der Waals surface area contributed by atoms with E-state index in [-0.39, 0.29) is 0 Å². The van der Waals surface area contributed by atoms with Crippen LogP contribution in [0.15, 0.2) is 11.6 Å². The van der Waals surface area contributed by atoms with Crippen molar-refractivity contribution in [3.63, 3.8) is 0 Å². The monoisotopic (exact) mass is 228 g/mol. The molecule has 1 aromatic heterocycles. The summed E-state index contributed by atoms with van der Waals surface area (Å²) in [5, 5.41) is 4.22. The Hall–Kier alpha value is -1.96. The van der Waals surface area contributed by atoms with Crippen molar-refractivity contribution in [2.75, 3.05) is 5.32 Å². The second-order valence-electron chi connectivity index (χ2n) is 2.43. The smallest absolute Gasteiger partial charge is 0.294 e. The Bertz CT molecular complexity index is 376. The number of nitrogens with one attached hydrogen (secondary N) is 3. The van der Waals surface area contributed by atoms with Crippen LogP contribution < -0.4 is 16.2 Å². The van der Waals surface area contributed by atoms with Crippen LogP contribution in [-0.4, -0.2) is 22.7 Å². The number of anilines is 1. The maximum atomic E-state index is 11.1. The number of carbonyl (C=O) groups excluding carboxylic acids is 3. The summed E-state index contributed by atoms with van der Waals surface area (Å²) in [4.78, 5) is 36.3. The number of hydrogen-bond donors (Lipinski definition) is 3. The average molecular weight is 228 g/mol. The molecule has 0 aliphatic rings. The van der Waals surface area contributed by atoms with E-state index in [0.29, 0.717) is 5.13 Å². The Morgan fingerprint density at radius 3 is 2.53 bits per heavy atom. The van der Waals surface area contributed by atoms with Crippen LogP contribution in [0, 0.1) is 0 Å². The van der Waals surface area contributed by atoms with Gasteiger partial charge in [-0.3, -0.25) is 30.6 Å². The summed E-state index contributed by atoms with van der Waals surface area (Å²) < 4.78 is 0. The summed E-state index contributed by atoms with van der Waals surface area (Å²) in [5.41, 5.74) is 3.91. The minimum absolute atomic E-state index is 0.318. The summed E-state index contributed by atoms with van der Waals surface area (Å²) in [6.45, 7) is 1.21. The van der Waals surface area contributed by atoms with Crippen molar-refractivity contribution in [2.45, 2.75) is 6.92 Å². The van der Waals surface area contributed by atoms with E-state index in [0.717, 1.165) is 0 Å². The number of hydrazine groups is 1. The molecule has 8 heteroatoms. The second-order valence-corrected chi connectivity index (χ2v) is 3.32. The lowest BCUT2D eigenvalue weighted by Crippen LogP contribution is -2.45. The molecule has 0 saturated carbocycles. The molecule has 3 amide bonds. The van der Waals surface area contributed by atoms with E-state index in [1.165, 1.54) is 24.5 Å². The molecule has 7 nitrogen and oxygen atoms in total. The van der Waals surface area contributed by atoms with Crippen LogP contribution in [0.2, 0.25) is 0 Å². The van der Waals surface area contributed by atoms with Crippen molar-refractivity contribution in [2.24, 2.45) is 0 Å². The molecule has 1 rings (SSSR count). The highest BCUT2D eigenvalue weighted by Gasteiger charge is 2.14. The Labute approximate surface area is 88.9 Å². The van der Waals surface area contributed by atoms with Gasteiger partial charge in [-0.15, -0.1) is 11.3 Å². The maximum Gasteiger partial charge on any atom is 0.328 e. The van der Waals surface area contributed by atoms with Crippen LogP contribution in [0.4, 0.5) is 5.13 Å². The molecule has 0 atom stereocenters. The largest absolute Gasteiger partial charge is 0.328 e. The van der Waals surface area contributed by atoms with Crippen LogP contribution in [0.1, 0.15) is 6.92 Å². The van der Waals surface area contributed by atoms with Crippen LogP contribution >= 0.6 is 11.3 Å². The average Bonchev–Trinajstić information content (AvgIpc) is 2.66. The fraction of sp³-hybridized carbons (Fsp3) is 0.143. The standard InChI is InChI=1S/C7H8N4O3S/c1-4(12)10-11-6(14)5(13)9-7-8-2-3-15-7/h2-3H,1H3,(H,10,12)(H,11,14)(H,8,9,13). The first-order chi connectivity index (χ1) is 7.09. The maximum absolute atomic E-state index is 11.1. The summed E-state index contributed by atoms with van der Waals surface area (Å²) in [6, 6.07) is 0. The summed E-state index contributed by atoms with van der Waals surface area (Å²) in [5.74, 6) is -2.32. The minimum Gasteiger partial charge on any atom is -0.294 e. The quantitative estimate of drug-likeness (QED) is 0.435. The van der Waals surface area contributed by atoms with Gasteiger partial charge in [0.2, 0.25) is 5.91 Å². The minimum atomic E-state index is -0.958. The van der Waals surface area contributed by atoms with Crippen LogP contribution in [0.25, 0.3) is 0 Å². The first-order valence-electron chi connectivity index (χ1n) is 3.87. The zero-order chi connectivity index (χ0) is 11.3. The molecule has 3 N–H and O–H groups in total. The van der Waals surface area contributed by atoms with Gasteiger partial charge in [-0.1, -0.05) is 0 Å². The predicted octanol–water partition coefficient (Wildman–Crippen LogP) is -0.751. The highest BCUT2D eigenvalue weighted by atomic mass is 32.1. The summed E-state index contributed by atoms with van der Waals surface area (Å²) >= 11 is 1.18. The Kier molecular flexibility index (Phi) is 3.75. The lowest BCUT2D eigenvalue weighted by atomic mass is 10.6. The molecular weight excluding hydrogens is 220 g/mol. The first-order valence-corrected chi connectivity index (χ1v) is 4.75. The predicted molar refractivity (Wildman–Crippen MR) is 52.7 cm³/mol. The number of hydrogen-bond acceptors (Lipinski definition) is 5. The SMILES string of the molecule is CC(=O)NNC(=O)C(=O)Nc1nccs1. The molecule has 0 radical (unpaired) electrons. The molecule has 0 aliphatic carbocycles. The van der Waals surface area contributed by atoms with Crippen molar-refractivity contribution in [1.82, 2.24) is 15.8 Å². The van der Waals surface area contributed by atoms with E-state index < -0.39 is 17.7 Å². The molecule has 1 heterocycles. The van der Waals surface area contributed by atoms with Gasteiger partial charge < -0.3 is 0 Å². The van der Waals surface area contributed by atoms with E-state index >= 15 is 0 Å². The van der Waals surface area contributed by atoms with E-state index in [1.807, 2.05) is 10.9 Å². The van der Waals surface area contributed by atoms with Crippen molar-refractivity contribution >= 4 is 34.2 Å². The molecule has 15 heavy (non-hydrogen) atoms. The fourth-order valence-electron chi connectivity index (χ4n) is 0.641. The second kappa shape index (κ2) is 5.05. The van der Waals surface area contributed by atoms with Gasteiger partial charge in [0, 0.05) is 18.5 Å². The third-order valence-electron chi connectivity index (χ3n) is 1.21. The Morgan fingerprint density at radius 1 is 1.27 bits per heavy atom. The van der Waals surface area contributed by atoms with Crippen LogP contribution in [0.5, 0.6) is 0 Å². The van der Waals surface area contributed by atoms with Gasteiger partial charge in [0.25, 0.3) is 0 Å². The van der Waals surface area contributed by atoms with Gasteiger partial charge in [0.05, 0.1) is 0 Å². The number of rotatable bonds is 1. The lowest BCUT2D eigenvalue weighted by Gasteiger charge is -2.03. The third kappa shape index (κ3) is 3.73. The summed E-state index contributed by atoms with van der Waals surface area (Å²) in [6.07, 6.45) is 1.49. The molecule has 0 saturated heterocycles. The fourth-order valence-corrected chi connectivity index (χ4v) is 1.16. The summed E-state index contributed by atoms with van der Waals surface area (Å²) in [7, 11) is 0. The third-order valence-corrected chi connectivity index (χ3v) is 1.90. The van der Waals surface area contributed by atoms with E-state index in [2.05, 4.69) is 10.3 Å². The van der Waals surface area contributed by atoms with Crippen molar-refractivity contribution in [3.8, 4) is 0 Å². The Balaban J connectivity index is 2.40. The van der Waals surface area contributed by atoms with Crippen LogP contribution in [-0.2, 0) is 14.4 Å². The highest BCUT2D eigenvalue weighted by molar-refractivity contribution is 7.13. The first kappa shape index (κ1) is 11.1. The molecule has 0 fully saturated rings. The molecule has 0 aliphatic heterocycles. The van der Waals surface area contributed by atoms with Crippen LogP contribution in [0.3, 0.4) is 0 Å². The normalized spacial score (nSPS) is 9.13. The van der Waals surface area contributed by atoms with Gasteiger partial charge in [-0.05, 0) is 0 Å². The lowest BCUT2D eigenvalue weighted by molar-refractivity contribution is -0.138. The Morgan fingerprint density at radius 2 is 2.00 bits per heavy atom. The zero-order valence-corrected chi connectivity index (χ0v) is 8.55. The van der Waals surface area contributed by atoms with E-state index in [4.69, 9.17) is 0 Å². The van der Waals surface area contributed by atoms with Gasteiger partial charge in [-0.2, -0.15) is 0 Å². The van der Waals surface area contributed by atoms with E-state index in [9.17, 15) is 14.4 Å². The molecule has 0 aromatic carbocycles. The number of aromatic nitrogens is 1. The number of carbonyl (C=O) groups is 3. The molecule has 0 spiro atoms. The highest BCUT2D eigenvalue weighted by Crippen LogP contribution is 2.09. The van der Waals surface area contributed by atoms with Crippen molar-refractivity contribution < 1.29 is 14.4 Å². The van der Waals surface area contributed by atoms with Gasteiger partial charge in [0.1, 0.15) is 0 Å². The molecule has 0 bridgehead atoms. The van der Waals surface area contributed by atoms with Crippen molar-refractivity contribution in [1.29, 1.82) is 0 Å². The topological polar surface area (TPSA) is 100 Å². The molecule has 1 aromatic rings. The van der Waals surface area contributed by atoms with Crippen molar-refractivity contribution in [3.05, 3.63) is 11.6 Å². The van der Waals surface area contributed by atoms with Gasteiger partial charge in [0.15, 0.2) is 5.13 Å². The van der Waals surface area contributed by atoms with Gasteiger partial charge in [-0.25, -0.2) is 4.98 Å². The number of thiazole rings is 1. The number of amides is 3. The zero-order valence-electron chi connectivity index (χ0n) is 7.73. The molecule has 80 valence electrons. The molecule has 0 unspecified atom stereocenters. The number of nitrogens with zero attached hydrogens (tertiary/aromatic N) is 1.